The third-order valence-electron chi connectivity index (χ3n) is 3.89. The van der Waals surface area contributed by atoms with E-state index in [0.717, 1.165) is 25.7 Å². The van der Waals surface area contributed by atoms with Crippen molar-refractivity contribution >= 4 is 23.3 Å². The molecular weight excluding hydrogens is 242 g/mol. The lowest BCUT2D eigenvalue weighted by atomic mass is 10.2. The zero-order chi connectivity index (χ0) is 13.4. The molecule has 0 radical (unpaired) electrons. The van der Waals surface area contributed by atoms with E-state index in [2.05, 4.69) is 0 Å². The molecule has 1 aliphatic heterocycles. The molecule has 0 aromatic heterocycles. The number of nitrogens with zero attached hydrogens (tertiary/aromatic N) is 2. The Bertz CT molecular complexity index is 523. The van der Waals surface area contributed by atoms with E-state index in [1.165, 1.54) is 4.90 Å². The van der Waals surface area contributed by atoms with Gasteiger partial charge < -0.3 is 10.6 Å². The van der Waals surface area contributed by atoms with Gasteiger partial charge in [-0.25, -0.2) is 9.69 Å². The summed E-state index contributed by atoms with van der Waals surface area (Å²) in [5.74, 6) is -0.164. The number of rotatable bonds is 2. The second kappa shape index (κ2) is 4.57. The van der Waals surface area contributed by atoms with Crippen LogP contribution in [0, 0.1) is 0 Å². The number of urea groups is 1. The summed E-state index contributed by atoms with van der Waals surface area (Å²) in [6.45, 7) is 0.193. The molecular formula is C14H17N3O2. The van der Waals surface area contributed by atoms with Crippen molar-refractivity contribution in [1.82, 2.24) is 4.90 Å². The van der Waals surface area contributed by atoms with Crippen LogP contribution in [-0.4, -0.2) is 29.4 Å². The van der Waals surface area contributed by atoms with Gasteiger partial charge in [-0.3, -0.25) is 4.79 Å². The first-order valence-corrected chi connectivity index (χ1v) is 6.66. The molecule has 1 aromatic carbocycles. The quantitative estimate of drug-likeness (QED) is 0.652. The van der Waals surface area contributed by atoms with E-state index in [-0.39, 0.29) is 24.5 Å². The molecule has 0 spiro atoms. The van der Waals surface area contributed by atoms with Crippen LogP contribution in [0.15, 0.2) is 24.3 Å². The van der Waals surface area contributed by atoms with Crippen molar-refractivity contribution in [3.63, 3.8) is 0 Å². The molecule has 1 aromatic rings. The van der Waals surface area contributed by atoms with Gasteiger partial charge in [-0.1, -0.05) is 18.9 Å². The van der Waals surface area contributed by atoms with E-state index in [9.17, 15) is 9.59 Å². The Balaban J connectivity index is 1.86. The van der Waals surface area contributed by atoms with Gasteiger partial charge in [0.1, 0.15) is 6.54 Å². The van der Waals surface area contributed by atoms with Crippen LogP contribution < -0.4 is 10.6 Å². The van der Waals surface area contributed by atoms with E-state index < -0.39 is 0 Å². The van der Waals surface area contributed by atoms with Crippen molar-refractivity contribution < 1.29 is 9.59 Å². The van der Waals surface area contributed by atoms with E-state index >= 15 is 0 Å². The van der Waals surface area contributed by atoms with E-state index in [0.29, 0.717) is 11.4 Å². The summed E-state index contributed by atoms with van der Waals surface area (Å²) in [6.07, 6.45) is 4.29. The number of hydrogen-bond donors (Lipinski definition) is 1. The predicted octanol–water partition coefficient (Wildman–Crippen LogP) is 1.98. The van der Waals surface area contributed by atoms with Crippen LogP contribution in [-0.2, 0) is 4.79 Å². The average molecular weight is 259 g/mol. The van der Waals surface area contributed by atoms with Crippen LogP contribution in [0.5, 0.6) is 0 Å². The highest BCUT2D eigenvalue weighted by atomic mass is 16.2. The van der Waals surface area contributed by atoms with Crippen LogP contribution in [0.4, 0.5) is 16.2 Å². The molecule has 2 fully saturated rings. The Morgan fingerprint density at radius 1 is 1.16 bits per heavy atom. The standard InChI is InChI=1S/C14H17N3O2/c15-10-4-3-7-12(8-10)17-13(18)9-16(14(17)19)11-5-1-2-6-11/h3-4,7-8,11H,1-2,5-6,9,15H2. The van der Waals surface area contributed by atoms with Gasteiger partial charge in [0.25, 0.3) is 5.91 Å². The molecule has 1 heterocycles. The largest absolute Gasteiger partial charge is 0.399 e. The SMILES string of the molecule is Nc1cccc(N2C(=O)CN(C3CCCC3)C2=O)c1. The maximum Gasteiger partial charge on any atom is 0.332 e. The average Bonchev–Trinajstić information content (AvgIpc) is 2.97. The molecule has 1 saturated carbocycles. The van der Waals surface area contributed by atoms with Crippen molar-refractivity contribution in [2.24, 2.45) is 0 Å². The fourth-order valence-electron chi connectivity index (χ4n) is 2.94. The van der Waals surface area contributed by atoms with Gasteiger partial charge in [0.05, 0.1) is 5.69 Å². The van der Waals surface area contributed by atoms with Gasteiger partial charge in [0, 0.05) is 11.7 Å². The number of carbonyl (C=O) groups excluding carboxylic acids is 2. The van der Waals surface area contributed by atoms with Crippen molar-refractivity contribution in [1.29, 1.82) is 0 Å². The summed E-state index contributed by atoms with van der Waals surface area (Å²) in [5.41, 5.74) is 6.83. The summed E-state index contributed by atoms with van der Waals surface area (Å²) >= 11 is 0. The van der Waals surface area contributed by atoms with Crippen molar-refractivity contribution in [3.8, 4) is 0 Å². The Hall–Kier alpha value is -2.04. The topological polar surface area (TPSA) is 66.6 Å². The fraction of sp³-hybridized carbons (Fsp3) is 0.429. The lowest BCUT2D eigenvalue weighted by molar-refractivity contribution is -0.116. The molecule has 5 nitrogen and oxygen atoms in total. The van der Waals surface area contributed by atoms with E-state index in [1.54, 1.807) is 29.2 Å². The van der Waals surface area contributed by atoms with Crippen molar-refractivity contribution in [2.75, 3.05) is 17.2 Å². The third-order valence-corrected chi connectivity index (χ3v) is 3.89. The summed E-state index contributed by atoms with van der Waals surface area (Å²) in [7, 11) is 0. The predicted molar refractivity (Wildman–Crippen MR) is 72.7 cm³/mol. The Morgan fingerprint density at radius 3 is 2.58 bits per heavy atom. The summed E-state index contributed by atoms with van der Waals surface area (Å²) in [6, 6.07) is 6.91. The van der Waals surface area contributed by atoms with Crippen LogP contribution in [0.2, 0.25) is 0 Å². The number of hydrogen-bond acceptors (Lipinski definition) is 3. The highest BCUT2D eigenvalue weighted by Crippen LogP contribution is 2.30. The first-order chi connectivity index (χ1) is 9.16. The molecule has 100 valence electrons. The number of nitrogens with two attached hydrogens (primary N) is 1. The number of amides is 3. The maximum absolute atomic E-state index is 12.4. The van der Waals surface area contributed by atoms with Crippen molar-refractivity contribution in [3.05, 3.63) is 24.3 Å². The molecule has 0 atom stereocenters. The molecule has 3 rings (SSSR count). The number of imide groups is 1. The zero-order valence-electron chi connectivity index (χ0n) is 10.7. The van der Waals surface area contributed by atoms with Crippen LogP contribution in [0.1, 0.15) is 25.7 Å². The molecule has 3 amide bonds. The summed E-state index contributed by atoms with van der Waals surface area (Å²) in [5, 5.41) is 0. The van der Waals surface area contributed by atoms with Crippen LogP contribution >= 0.6 is 0 Å². The molecule has 2 N–H and O–H groups in total. The fourth-order valence-corrected chi connectivity index (χ4v) is 2.94. The Morgan fingerprint density at radius 2 is 1.89 bits per heavy atom. The van der Waals surface area contributed by atoms with E-state index in [4.69, 9.17) is 5.73 Å². The second-order valence-electron chi connectivity index (χ2n) is 5.17. The summed E-state index contributed by atoms with van der Waals surface area (Å²) in [4.78, 5) is 27.4. The smallest absolute Gasteiger partial charge is 0.332 e. The minimum Gasteiger partial charge on any atom is -0.399 e. The number of nitrogen functional groups attached to an aromatic ring is 1. The van der Waals surface area contributed by atoms with Gasteiger partial charge in [-0.05, 0) is 31.0 Å². The lowest BCUT2D eigenvalue weighted by Gasteiger charge is -2.23. The molecule has 5 heteroatoms. The van der Waals surface area contributed by atoms with Gasteiger partial charge >= 0.3 is 6.03 Å². The van der Waals surface area contributed by atoms with E-state index in [1.807, 2.05) is 0 Å². The highest BCUT2D eigenvalue weighted by molar-refractivity contribution is 6.20. The molecule has 1 saturated heterocycles. The van der Waals surface area contributed by atoms with Gasteiger partial charge in [-0.2, -0.15) is 0 Å². The molecule has 1 aliphatic carbocycles. The second-order valence-corrected chi connectivity index (χ2v) is 5.17. The third kappa shape index (κ3) is 2.05. The van der Waals surface area contributed by atoms with Gasteiger partial charge in [0.15, 0.2) is 0 Å². The van der Waals surface area contributed by atoms with Crippen LogP contribution in [0.3, 0.4) is 0 Å². The molecule has 19 heavy (non-hydrogen) atoms. The monoisotopic (exact) mass is 259 g/mol. The molecule has 0 bridgehead atoms. The normalized spacial score (nSPS) is 20.6. The zero-order valence-corrected chi connectivity index (χ0v) is 10.7. The first kappa shape index (κ1) is 12.0. The molecule has 0 unspecified atom stereocenters. The highest BCUT2D eigenvalue weighted by Gasteiger charge is 2.41. The lowest BCUT2D eigenvalue weighted by Crippen LogP contribution is -2.38. The van der Waals surface area contributed by atoms with Crippen molar-refractivity contribution in [2.45, 2.75) is 31.7 Å². The molecule has 2 aliphatic rings. The minimum absolute atomic E-state index is 0.164. The Kier molecular flexibility index (Phi) is 2.89. The maximum atomic E-state index is 12.4. The Labute approximate surface area is 112 Å². The van der Waals surface area contributed by atoms with Gasteiger partial charge in [0.2, 0.25) is 0 Å². The number of anilines is 2. The number of benzene rings is 1. The van der Waals surface area contributed by atoms with Crippen LogP contribution in [0.25, 0.3) is 0 Å². The first-order valence-electron chi connectivity index (χ1n) is 6.66. The van der Waals surface area contributed by atoms with Gasteiger partial charge in [-0.15, -0.1) is 0 Å². The minimum atomic E-state index is -0.206. The summed E-state index contributed by atoms with van der Waals surface area (Å²) < 4.78 is 0. The number of carbonyl (C=O) groups is 2.